The van der Waals surface area contributed by atoms with Gasteiger partial charge in [-0.3, -0.25) is 5.43 Å². The largest absolute Gasteiger partial charge is 2.00 e. The van der Waals surface area contributed by atoms with Gasteiger partial charge in [0.05, 0.1) is 0 Å². The molecule has 0 unspecified atom stereocenters. The minimum atomic E-state index is 0. The van der Waals surface area contributed by atoms with E-state index in [9.17, 15) is 0 Å². The molecule has 3 nitrogen and oxygen atoms in total. The molecule has 4 heteroatoms. The molecule has 0 aliphatic carbocycles. The van der Waals surface area contributed by atoms with Gasteiger partial charge in [-0.05, 0) is 0 Å². The summed E-state index contributed by atoms with van der Waals surface area (Å²) in [6, 6.07) is 18.6. The standard InChI is InChI=1S/C11H18N3.C5H5.Fe/c1-2-12-14-9-7-13(8-10-14)11-5-3-4-6-11;1-2-4-5-3-1;/h3-6,12H,2,7-10H2,1H3;1-5H;/q2*-1;+2. The minimum absolute atomic E-state index is 0. The first kappa shape index (κ1) is 17.0. The average molecular weight is 313 g/mol. The van der Waals surface area contributed by atoms with Crippen molar-refractivity contribution >= 4 is 5.69 Å². The molecule has 0 amide bonds. The topological polar surface area (TPSA) is 18.5 Å². The summed E-state index contributed by atoms with van der Waals surface area (Å²) in [4.78, 5) is 2.44. The second-order valence-electron chi connectivity index (χ2n) is 4.59. The molecule has 1 fully saturated rings. The van der Waals surface area contributed by atoms with Crippen molar-refractivity contribution in [1.29, 1.82) is 0 Å². The van der Waals surface area contributed by atoms with E-state index in [1.165, 1.54) is 5.69 Å². The minimum Gasteiger partial charge on any atom is -0.421 e. The van der Waals surface area contributed by atoms with Gasteiger partial charge >= 0.3 is 17.1 Å². The fourth-order valence-corrected chi connectivity index (χ4v) is 2.24. The van der Waals surface area contributed by atoms with Gasteiger partial charge in [0.15, 0.2) is 0 Å². The van der Waals surface area contributed by atoms with Crippen LogP contribution in [0, 0.1) is 0 Å². The zero-order valence-corrected chi connectivity index (χ0v) is 13.1. The molecular formula is C16H23FeN3. The van der Waals surface area contributed by atoms with Crippen LogP contribution in [0.4, 0.5) is 5.69 Å². The van der Waals surface area contributed by atoms with Gasteiger partial charge < -0.3 is 4.90 Å². The quantitative estimate of drug-likeness (QED) is 0.694. The van der Waals surface area contributed by atoms with E-state index in [0.29, 0.717) is 0 Å². The molecule has 1 aliphatic rings. The number of anilines is 1. The zero-order valence-electron chi connectivity index (χ0n) is 12.0. The van der Waals surface area contributed by atoms with Gasteiger partial charge in [0.25, 0.3) is 0 Å². The predicted octanol–water partition coefficient (Wildman–Crippen LogP) is 2.46. The van der Waals surface area contributed by atoms with E-state index in [1.807, 2.05) is 30.3 Å². The van der Waals surface area contributed by atoms with Crippen LogP contribution in [0.15, 0.2) is 54.6 Å². The van der Waals surface area contributed by atoms with Gasteiger partial charge in [0, 0.05) is 32.7 Å². The van der Waals surface area contributed by atoms with E-state index >= 15 is 0 Å². The smallest absolute Gasteiger partial charge is 0.421 e. The van der Waals surface area contributed by atoms with Crippen molar-refractivity contribution in [2.45, 2.75) is 6.92 Å². The molecule has 1 heterocycles. The first-order chi connectivity index (χ1) is 9.40. The Morgan fingerprint density at radius 2 is 1.60 bits per heavy atom. The first-order valence-corrected chi connectivity index (χ1v) is 7.02. The van der Waals surface area contributed by atoms with Crippen LogP contribution in [-0.4, -0.2) is 37.7 Å². The average Bonchev–Trinajstić information content (AvgIpc) is 3.16. The molecule has 0 radical (unpaired) electrons. The summed E-state index contributed by atoms with van der Waals surface area (Å²) in [5, 5.41) is 2.31. The maximum Gasteiger partial charge on any atom is 2.00 e. The summed E-state index contributed by atoms with van der Waals surface area (Å²) in [6.07, 6.45) is 0. The van der Waals surface area contributed by atoms with E-state index in [-0.39, 0.29) is 17.1 Å². The van der Waals surface area contributed by atoms with Crippen molar-refractivity contribution < 1.29 is 17.1 Å². The molecule has 0 bridgehead atoms. The Labute approximate surface area is 132 Å². The summed E-state index contributed by atoms with van der Waals surface area (Å²) in [6.45, 7) is 7.63. The van der Waals surface area contributed by atoms with Crippen molar-refractivity contribution in [3.05, 3.63) is 54.6 Å². The van der Waals surface area contributed by atoms with Crippen LogP contribution in [-0.2, 0) is 17.1 Å². The number of hydrogen-bond acceptors (Lipinski definition) is 3. The van der Waals surface area contributed by atoms with Gasteiger partial charge in [-0.15, -0.1) is 0 Å². The van der Waals surface area contributed by atoms with Gasteiger partial charge in [0.1, 0.15) is 0 Å². The normalized spacial score (nSPS) is 15.2. The van der Waals surface area contributed by atoms with E-state index in [2.05, 4.69) is 46.5 Å². The van der Waals surface area contributed by atoms with E-state index in [4.69, 9.17) is 0 Å². The van der Waals surface area contributed by atoms with Crippen molar-refractivity contribution in [2.75, 3.05) is 37.6 Å². The molecular weight excluding hydrogens is 290 g/mol. The predicted molar refractivity (Wildman–Crippen MR) is 81.5 cm³/mol. The van der Waals surface area contributed by atoms with Crippen molar-refractivity contribution in [3.8, 4) is 0 Å². The molecule has 1 saturated heterocycles. The summed E-state index contributed by atoms with van der Waals surface area (Å²) in [5.74, 6) is 0. The van der Waals surface area contributed by atoms with Crippen molar-refractivity contribution in [2.24, 2.45) is 0 Å². The number of nitrogens with zero attached hydrogens (tertiary/aromatic N) is 2. The fraction of sp³-hybridized carbons (Fsp3) is 0.375. The number of hydrogen-bond donors (Lipinski definition) is 1. The summed E-state index contributed by atoms with van der Waals surface area (Å²) >= 11 is 0. The zero-order chi connectivity index (χ0) is 13.3. The molecule has 2 aromatic carbocycles. The van der Waals surface area contributed by atoms with Crippen LogP contribution in [0.25, 0.3) is 0 Å². The van der Waals surface area contributed by atoms with E-state index in [0.717, 1.165) is 32.7 Å². The van der Waals surface area contributed by atoms with Crippen LogP contribution in [0.2, 0.25) is 0 Å². The molecule has 1 aliphatic heterocycles. The third kappa shape index (κ3) is 5.51. The number of rotatable bonds is 3. The third-order valence-corrected chi connectivity index (χ3v) is 3.23. The summed E-state index contributed by atoms with van der Waals surface area (Å²) in [7, 11) is 0. The third-order valence-electron chi connectivity index (χ3n) is 3.23. The van der Waals surface area contributed by atoms with Crippen molar-refractivity contribution in [1.82, 2.24) is 10.4 Å². The molecule has 2 aromatic rings. The number of hydrazine groups is 1. The summed E-state index contributed by atoms with van der Waals surface area (Å²) < 4.78 is 0. The molecule has 1 N–H and O–H groups in total. The Hall–Kier alpha value is -1.06. The maximum atomic E-state index is 3.36. The van der Waals surface area contributed by atoms with Crippen LogP contribution >= 0.6 is 0 Å². The first-order valence-electron chi connectivity index (χ1n) is 7.02. The van der Waals surface area contributed by atoms with Gasteiger partial charge in [-0.25, -0.2) is 29.3 Å². The molecule has 0 aromatic heterocycles. The number of piperazine rings is 1. The van der Waals surface area contributed by atoms with Crippen LogP contribution in [0.3, 0.4) is 0 Å². The van der Waals surface area contributed by atoms with Crippen LogP contribution < -0.4 is 10.3 Å². The molecule has 0 saturated carbocycles. The maximum absolute atomic E-state index is 3.36. The van der Waals surface area contributed by atoms with E-state index < -0.39 is 0 Å². The molecule has 20 heavy (non-hydrogen) atoms. The van der Waals surface area contributed by atoms with E-state index in [1.54, 1.807) is 0 Å². The molecule has 0 atom stereocenters. The SMILES string of the molecule is CCNN1CCN([c-]2cccc2)CC1.[Fe+2].c1cc[cH-]c1. The Morgan fingerprint density at radius 3 is 2.05 bits per heavy atom. The Morgan fingerprint density at radius 1 is 1.00 bits per heavy atom. The number of nitrogens with one attached hydrogen (secondary N) is 1. The van der Waals surface area contributed by atoms with Gasteiger partial charge in [0.2, 0.25) is 0 Å². The Balaban J connectivity index is 0.000000283. The Kier molecular flexibility index (Phi) is 8.31. The van der Waals surface area contributed by atoms with Crippen LogP contribution in [0.1, 0.15) is 6.92 Å². The van der Waals surface area contributed by atoms with Crippen molar-refractivity contribution in [3.63, 3.8) is 0 Å². The van der Waals surface area contributed by atoms with Crippen LogP contribution in [0.5, 0.6) is 0 Å². The fourth-order valence-electron chi connectivity index (χ4n) is 2.24. The Bertz CT molecular complexity index is 386. The molecule has 0 spiro atoms. The molecule has 3 rings (SSSR count). The van der Waals surface area contributed by atoms with Gasteiger partial charge in [-0.2, -0.15) is 30.3 Å². The van der Waals surface area contributed by atoms with Gasteiger partial charge in [-0.1, -0.05) is 12.6 Å². The second-order valence-corrected chi connectivity index (χ2v) is 4.59. The monoisotopic (exact) mass is 313 g/mol. The molecule has 110 valence electrons. The second kappa shape index (κ2) is 9.78. The summed E-state index contributed by atoms with van der Waals surface area (Å²) in [5.41, 5.74) is 4.72.